The molecule has 3 N–H and O–H groups in total. The number of carbonyl (C=O) groups excluding carboxylic acids is 1. The van der Waals surface area contributed by atoms with Crippen molar-refractivity contribution in [3.63, 3.8) is 0 Å². The summed E-state index contributed by atoms with van der Waals surface area (Å²) in [7, 11) is 0. The molecule has 0 aromatic heterocycles. The quantitative estimate of drug-likeness (QED) is 0.801. The van der Waals surface area contributed by atoms with Gasteiger partial charge in [-0.15, -0.1) is 0 Å². The Labute approximate surface area is 115 Å². The molecule has 0 radical (unpaired) electrons. The van der Waals surface area contributed by atoms with Gasteiger partial charge >= 0.3 is 0 Å². The molecule has 0 heterocycles. The lowest BCUT2D eigenvalue weighted by Gasteiger charge is -2.08. The lowest BCUT2D eigenvalue weighted by atomic mass is 10.1. The minimum absolute atomic E-state index is 0.180. The van der Waals surface area contributed by atoms with Crippen LogP contribution in [0.25, 0.3) is 0 Å². The molecule has 4 nitrogen and oxygen atoms in total. The number of benzene rings is 2. The number of halogens is 1. The Morgan fingerprint density at radius 2 is 1.70 bits per heavy atom. The predicted octanol–water partition coefficient (Wildman–Crippen LogP) is 2.21. The minimum atomic E-state index is -0.600. The summed E-state index contributed by atoms with van der Waals surface area (Å²) in [5.74, 6) is -1.52. The van der Waals surface area contributed by atoms with Crippen LogP contribution in [0, 0.1) is 5.82 Å². The first kappa shape index (κ1) is 13.9. The number of hydrogen-bond donors (Lipinski definition) is 3. The molecule has 0 aliphatic carbocycles. The second kappa shape index (κ2) is 6.06. The molecule has 0 aliphatic heterocycles. The molecule has 0 atom stereocenters. The van der Waals surface area contributed by atoms with Crippen molar-refractivity contribution in [2.75, 3.05) is 6.54 Å². The first-order valence-electron chi connectivity index (χ1n) is 6.12. The van der Waals surface area contributed by atoms with E-state index in [9.17, 15) is 19.4 Å². The van der Waals surface area contributed by atoms with Crippen LogP contribution in [0.15, 0.2) is 42.5 Å². The summed E-state index contributed by atoms with van der Waals surface area (Å²) in [6, 6.07) is 10.4. The standard InChI is InChI=1S/C15H14FNO3/c16-11-5-2-1-4-10(11)8-9-17-15(20)14-12(18)6-3-7-13(14)19/h1-7,18-19H,8-9H2,(H,17,20). The highest BCUT2D eigenvalue weighted by Gasteiger charge is 2.15. The average Bonchev–Trinajstić information content (AvgIpc) is 2.41. The Morgan fingerprint density at radius 3 is 2.35 bits per heavy atom. The summed E-state index contributed by atoms with van der Waals surface area (Å²) in [5, 5.41) is 21.6. The molecule has 0 saturated carbocycles. The molecule has 1 amide bonds. The molecule has 0 bridgehead atoms. The van der Waals surface area contributed by atoms with Crippen LogP contribution in [0.1, 0.15) is 15.9 Å². The van der Waals surface area contributed by atoms with Gasteiger partial charge in [-0.2, -0.15) is 0 Å². The van der Waals surface area contributed by atoms with E-state index in [1.807, 2.05) is 0 Å². The van der Waals surface area contributed by atoms with Crippen LogP contribution in [0.3, 0.4) is 0 Å². The second-order valence-corrected chi connectivity index (χ2v) is 4.27. The van der Waals surface area contributed by atoms with E-state index >= 15 is 0 Å². The molecular formula is C15H14FNO3. The number of aromatic hydroxyl groups is 2. The zero-order chi connectivity index (χ0) is 14.5. The fourth-order valence-electron chi connectivity index (χ4n) is 1.86. The Kier molecular flexibility index (Phi) is 4.20. The van der Waals surface area contributed by atoms with Gasteiger partial charge in [0.05, 0.1) is 0 Å². The summed E-state index contributed by atoms with van der Waals surface area (Å²) >= 11 is 0. The largest absolute Gasteiger partial charge is 0.507 e. The highest BCUT2D eigenvalue weighted by Crippen LogP contribution is 2.25. The summed E-state index contributed by atoms with van der Waals surface area (Å²) in [4.78, 5) is 11.8. The maximum Gasteiger partial charge on any atom is 0.258 e. The van der Waals surface area contributed by atoms with Crippen molar-refractivity contribution in [3.8, 4) is 11.5 Å². The predicted molar refractivity (Wildman–Crippen MR) is 72.2 cm³/mol. The number of carbonyl (C=O) groups is 1. The molecule has 0 spiro atoms. The highest BCUT2D eigenvalue weighted by molar-refractivity contribution is 5.99. The van der Waals surface area contributed by atoms with Crippen LogP contribution in [-0.2, 0) is 6.42 Å². The van der Waals surface area contributed by atoms with E-state index in [0.717, 1.165) is 0 Å². The van der Waals surface area contributed by atoms with Gasteiger partial charge in [-0.3, -0.25) is 4.79 Å². The van der Waals surface area contributed by atoms with Crippen molar-refractivity contribution in [3.05, 3.63) is 59.4 Å². The Hall–Kier alpha value is -2.56. The maximum atomic E-state index is 13.4. The van der Waals surface area contributed by atoms with Gasteiger partial charge in [-0.05, 0) is 30.2 Å². The Bertz CT molecular complexity index is 608. The fourth-order valence-corrected chi connectivity index (χ4v) is 1.86. The van der Waals surface area contributed by atoms with E-state index in [-0.39, 0.29) is 29.4 Å². The van der Waals surface area contributed by atoms with Crippen molar-refractivity contribution >= 4 is 5.91 Å². The number of amides is 1. The molecule has 0 unspecified atom stereocenters. The van der Waals surface area contributed by atoms with E-state index in [1.165, 1.54) is 24.3 Å². The number of nitrogens with one attached hydrogen (secondary N) is 1. The normalized spacial score (nSPS) is 10.2. The molecule has 2 rings (SSSR count). The molecule has 2 aromatic carbocycles. The monoisotopic (exact) mass is 275 g/mol. The third kappa shape index (κ3) is 3.06. The van der Waals surface area contributed by atoms with E-state index in [2.05, 4.69) is 5.32 Å². The van der Waals surface area contributed by atoms with Gasteiger partial charge in [0.2, 0.25) is 0 Å². The summed E-state index contributed by atoms with van der Waals surface area (Å²) < 4.78 is 13.4. The SMILES string of the molecule is O=C(NCCc1ccccc1F)c1c(O)cccc1O. The zero-order valence-corrected chi connectivity index (χ0v) is 10.6. The summed E-state index contributed by atoms with van der Waals surface area (Å²) in [6.07, 6.45) is 0.326. The molecule has 2 aromatic rings. The van der Waals surface area contributed by atoms with Gasteiger partial charge in [0.25, 0.3) is 5.91 Å². The third-order valence-electron chi connectivity index (χ3n) is 2.89. The first-order valence-corrected chi connectivity index (χ1v) is 6.12. The van der Waals surface area contributed by atoms with E-state index in [0.29, 0.717) is 12.0 Å². The van der Waals surface area contributed by atoms with Crippen molar-refractivity contribution < 1.29 is 19.4 Å². The zero-order valence-electron chi connectivity index (χ0n) is 10.6. The molecule has 20 heavy (non-hydrogen) atoms. The van der Waals surface area contributed by atoms with Gasteiger partial charge in [0, 0.05) is 6.54 Å². The maximum absolute atomic E-state index is 13.4. The van der Waals surface area contributed by atoms with Gasteiger partial charge in [-0.25, -0.2) is 4.39 Å². The van der Waals surface area contributed by atoms with E-state index in [1.54, 1.807) is 18.2 Å². The number of rotatable bonds is 4. The van der Waals surface area contributed by atoms with Gasteiger partial charge < -0.3 is 15.5 Å². The number of phenolic OH excluding ortho intramolecular Hbond substituents is 2. The Morgan fingerprint density at radius 1 is 1.05 bits per heavy atom. The Balaban J connectivity index is 1.98. The average molecular weight is 275 g/mol. The van der Waals surface area contributed by atoms with Crippen molar-refractivity contribution in [2.45, 2.75) is 6.42 Å². The van der Waals surface area contributed by atoms with Crippen molar-refractivity contribution in [1.29, 1.82) is 0 Å². The lowest BCUT2D eigenvalue weighted by Crippen LogP contribution is -2.26. The summed E-state index contributed by atoms with van der Waals surface area (Å²) in [5.41, 5.74) is 0.315. The smallest absolute Gasteiger partial charge is 0.258 e. The topological polar surface area (TPSA) is 69.6 Å². The van der Waals surface area contributed by atoms with Gasteiger partial charge in [-0.1, -0.05) is 24.3 Å². The van der Waals surface area contributed by atoms with Crippen LogP contribution in [-0.4, -0.2) is 22.7 Å². The van der Waals surface area contributed by atoms with E-state index < -0.39 is 5.91 Å². The van der Waals surface area contributed by atoms with Crippen LogP contribution in [0.4, 0.5) is 4.39 Å². The van der Waals surface area contributed by atoms with Crippen LogP contribution < -0.4 is 5.32 Å². The van der Waals surface area contributed by atoms with Crippen molar-refractivity contribution in [2.24, 2.45) is 0 Å². The first-order chi connectivity index (χ1) is 9.59. The fraction of sp³-hybridized carbons (Fsp3) is 0.133. The molecule has 0 aliphatic rings. The second-order valence-electron chi connectivity index (χ2n) is 4.27. The molecule has 0 fully saturated rings. The molecular weight excluding hydrogens is 261 g/mol. The van der Waals surface area contributed by atoms with Crippen LogP contribution in [0.5, 0.6) is 11.5 Å². The highest BCUT2D eigenvalue weighted by atomic mass is 19.1. The van der Waals surface area contributed by atoms with Crippen molar-refractivity contribution in [1.82, 2.24) is 5.32 Å². The molecule has 0 saturated heterocycles. The van der Waals surface area contributed by atoms with Gasteiger partial charge in [0.15, 0.2) is 0 Å². The van der Waals surface area contributed by atoms with E-state index in [4.69, 9.17) is 0 Å². The number of phenols is 2. The molecule has 104 valence electrons. The molecule has 5 heteroatoms. The minimum Gasteiger partial charge on any atom is -0.507 e. The van der Waals surface area contributed by atoms with Crippen LogP contribution >= 0.6 is 0 Å². The lowest BCUT2D eigenvalue weighted by molar-refractivity contribution is 0.0948. The van der Waals surface area contributed by atoms with Gasteiger partial charge in [0.1, 0.15) is 22.9 Å². The summed E-state index contributed by atoms with van der Waals surface area (Å²) in [6.45, 7) is 0.202. The third-order valence-corrected chi connectivity index (χ3v) is 2.89. The number of hydrogen-bond acceptors (Lipinski definition) is 3. The van der Waals surface area contributed by atoms with Crippen LogP contribution in [0.2, 0.25) is 0 Å².